The van der Waals surface area contributed by atoms with Crippen molar-refractivity contribution in [2.75, 3.05) is 0 Å². The van der Waals surface area contributed by atoms with E-state index in [2.05, 4.69) is 77.3 Å². The molecule has 0 bridgehead atoms. The molecule has 118 valence electrons. The topological polar surface area (TPSA) is 26.0 Å². The van der Waals surface area contributed by atoms with Crippen LogP contribution >= 0.6 is 0 Å². The predicted molar refractivity (Wildman–Crippen MR) is 103 cm³/mol. The van der Waals surface area contributed by atoms with E-state index >= 15 is 0 Å². The average Bonchev–Trinajstić information content (AvgIpc) is 2.58. The second kappa shape index (κ2) is 5.21. The largest absolute Gasteiger partial charge is 0.319 e. The minimum atomic E-state index is -0.465. The van der Waals surface area contributed by atoms with Gasteiger partial charge in [0.1, 0.15) is 0 Å². The zero-order valence-corrected chi connectivity index (χ0v) is 14.5. The van der Waals surface area contributed by atoms with Gasteiger partial charge in [-0.1, -0.05) is 63.4 Å². The molecule has 1 heteroatoms. The van der Waals surface area contributed by atoms with Gasteiger partial charge >= 0.3 is 0 Å². The molecule has 1 nitrogen and oxygen atoms in total. The van der Waals surface area contributed by atoms with Gasteiger partial charge in [0.05, 0.1) is 5.54 Å². The van der Waals surface area contributed by atoms with E-state index in [1.165, 1.54) is 33.0 Å². The molecule has 0 aliphatic heterocycles. The summed E-state index contributed by atoms with van der Waals surface area (Å²) >= 11 is 0. The second-order valence-electron chi connectivity index (χ2n) is 7.20. The minimum absolute atomic E-state index is 0.372. The maximum absolute atomic E-state index is 6.51. The molecule has 1 aliphatic carbocycles. The zero-order valence-electron chi connectivity index (χ0n) is 14.5. The van der Waals surface area contributed by atoms with Crippen LogP contribution in [-0.4, -0.2) is 5.54 Å². The Bertz CT molecular complexity index is 956. The van der Waals surface area contributed by atoms with Gasteiger partial charge in [0.2, 0.25) is 0 Å². The Kier molecular flexibility index (Phi) is 3.57. The Morgan fingerprint density at radius 3 is 2.00 bits per heavy atom. The van der Waals surface area contributed by atoms with Crippen LogP contribution in [0.2, 0.25) is 0 Å². The molecule has 1 unspecified atom stereocenters. The zero-order chi connectivity index (χ0) is 16.9. The number of benzene rings is 2. The molecule has 0 saturated heterocycles. The lowest BCUT2D eigenvalue weighted by Gasteiger charge is -2.20. The SMILES string of the molecule is C=c1c2c(c(=C)c3ccccc13)C(C(C)C)=CC(C)(N)C=C2C. The lowest BCUT2D eigenvalue weighted by atomic mass is 9.85. The van der Waals surface area contributed by atoms with Gasteiger partial charge in [-0.05, 0) is 63.2 Å². The number of hydrogen-bond donors (Lipinski definition) is 1. The Balaban J connectivity index is 2.59. The maximum Gasteiger partial charge on any atom is 0.0508 e. The molecule has 1 aliphatic rings. The van der Waals surface area contributed by atoms with Crippen LogP contribution in [0.4, 0.5) is 0 Å². The monoisotopic (exact) mass is 303 g/mol. The van der Waals surface area contributed by atoms with Crippen molar-refractivity contribution >= 4 is 35.1 Å². The lowest BCUT2D eigenvalue weighted by molar-refractivity contribution is 0.727. The van der Waals surface area contributed by atoms with Crippen molar-refractivity contribution in [3.8, 4) is 0 Å². The van der Waals surface area contributed by atoms with E-state index in [1.807, 2.05) is 0 Å². The van der Waals surface area contributed by atoms with Crippen molar-refractivity contribution in [3.63, 3.8) is 0 Å². The van der Waals surface area contributed by atoms with E-state index in [-0.39, 0.29) is 0 Å². The molecule has 0 radical (unpaired) electrons. The van der Waals surface area contributed by atoms with E-state index < -0.39 is 5.54 Å². The molecule has 0 fully saturated rings. The standard InChI is InChI=1S/C22H25N/c1-13(2)19-12-22(6,23)11-14(3)20-15(4)17-9-7-8-10-18(17)16(5)21(19)20/h7-13H,4-5,23H2,1-3,6H3. The van der Waals surface area contributed by atoms with Crippen LogP contribution in [0.3, 0.4) is 0 Å². The molecule has 1 atom stereocenters. The molecule has 3 rings (SSSR count). The molecule has 2 aromatic rings. The summed E-state index contributed by atoms with van der Waals surface area (Å²) in [5, 5.41) is 4.50. The summed E-state index contributed by atoms with van der Waals surface area (Å²) in [5.74, 6) is 0.372. The van der Waals surface area contributed by atoms with Gasteiger partial charge in [-0.2, -0.15) is 0 Å². The van der Waals surface area contributed by atoms with Crippen molar-refractivity contribution in [2.45, 2.75) is 33.2 Å². The van der Waals surface area contributed by atoms with Crippen molar-refractivity contribution in [3.05, 3.63) is 58.0 Å². The normalized spacial score (nSPS) is 21.0. The molecule has 2 N–H and O–H groups in total. The first-order valence-corrected chi connectivity index (χ1v) is 8.17. The number of rotatable bonds is 1. The first kappa shape index (κ1) is 15.8. The quantitative estimate of drug-likeness (QED) is 0.851. The second-order valence-corrected chi connectivity index (χ2v) is 7.20. The molecular formula is C22H25N. The number of hydrogen-bond acceptors (Lipinski definition) is 1. The Labute approximate surface area is 138 Å². The van der Waals surface area contributed by atoms with E-state index in [9.17, 15) is 0 Å². The van der Waals surface area contributed by atoms with Crippen LogP contribution in [0.15, 0.2) is 36.4 Å². The smallest absolute Gasteiger partial charge is 0.0508 e. The highest BCUT2D eigenvalue weighted by atomic mass is 14.7. The van der Waals surface area contributed by atoms with Crippen molar-refractivity contribution in [1.29, 1.82) is 0 Å². The summed E-state index contributed by atoms with van der Waals surface area (Å²) in [7, 11) is 0. The fourth-order valence-electron chi connectivity index (χ4n) is 3.78. The van der Waals surface area contributed by atoms with E-state index in [0.717, 1.165) is 10.4 Å². The van der Waals surface area contributed by atoms with Crippen LogP contribution in [0.5, 0.6) is 0 Å². The number of fused-ring (bicyclic) bond motifs is 2. The maximum atomic E-state index is 6.51. The van der Waals surface area contributed by atoms with Crippen LogP contribution < -0.4 is 16.2 Å². The van der Waals surface area contributed by atoms with Gasteiger partial charge < -0.3 is 5.73 Å². The third kappa shape index (κ3) is 2.46. The summed E-state index contributed by atoms with van der Waals surface area (Å²) in [4.78, 5) is 0. The molecule has 0 aromatic heterocycles. The Morgan fingerprint density at radius 2 is 1.48 bits per heavy atom. The number of allylic oxidation sites excluding steroid dienone is 2. The predicted octanol–water partition coefficient (Wildman–Crippen LogP) is 3.83. The first-order chi connectivity index (χ1) is 10.7. The third-order valence-corrected chi connectivity index (χ3v) is 4.73. The van der Waals surface area contributed by atoms with Crippen LogP contribution in [0.25, 0.3) is 35.1 Å². The van der Waals surface area contributed by atoms with Gasteiger partial charge in [-0.25, -0.2) is 0 Å². The fraction of sp³-hybridized carbons (Fsp3) is 0.273. The van der Waals surface area contributed by atoms with Crippen molar-refractivity contribution in [1.82, 2.24) is 0 Å². The highest BCUT2D eigenvalue weighted by Crippen LogP contribution is 2.33. The molecule has 2 aromatic carbocycles. The van der Waals surface area contributed by atoms with Gasteiger partial charge in [-0.3, -0.25) is 0 Å². The van der Waals surface area contributed by atoms with Crippen molar-refractivity contribution in [2.24, 2.45) is 11.7 Å². The molecule has 23 heavy (non-hydrogen) atoms. The molecule has 0 heterocycles. The average molecular weight is 303 g/mol. The molecular weight excluding hydrogens is 278 g/mol. The van der Waals surface area contributed by atoms with Crippen LogP contribution in [0, 0.1) is 5.92 Å². The Hall–Kier alpha value is -2.12. The summed E-state index contributed by atoms with van der Waals surface area (Å²) < 4.78 is 0. The van der Waals surface area contributed by atoms with Gasteiger partial charge in [0, 0.05) is 0 Å². The van der Waals surface area contributed by atoms with Crippen LogP contribution in [0.1, 0.15) is 38.8 Å². The minimum Gasteiger partial charge on any atom is -0.319 e. The molecule has 0 spiro atoms. The Morgan fingerprint density at radius 1 is 0.957 bits per heavy atom. The first-order valence-electron chi connectivity index (χ1n) is 8.17. The van der Waals surface area contributed by atoms with Crippen LogP contribution in [-0.2, 0) is 0 Å². The fourth-order valence-corrected chi connectivity index (χ4v) is 3.78. The van der Waals surface area contributed by atoms with E-state index in [0.29, 0.717) is 5.92 Å². The summed E-state index contributed by atoms with van der Waals surface area (Å²) in [6.07, 6.45) is 4.33. The summed E-state index contributed by atoms with van der Waals surface area (Å²) in [6.45, 7) is 17.4. The highest BCUT2D eigenvalue weighted by Gasteiger charge is 2.25. The van der Waals surface area contributed by atoms with E-state index in [1.54, 1.807) is 0 Å². The lowest BCUT2D eigenvalue weighted by Crippen LogP contribution is -2.31. The molecule has 0 saturated carbocycles. The van der Waals surface area contributed by atoms with Gasteiger partial charge in [-0.15, -0.1) is 0 Å². The summed E-state index contributed by atoms with van der Waals surface area (Å²) in [6, 6.07) is 8.39. The van der Waals surface area contributed by atoms with Gasteiger partial charge in [0.15, 0.2) is 0 Å². The van der Waals surface area contributed by atoms with E-state index in [4.69, 9.17) is 5.73 Å². The van der Waals surface area contributed by atoms with Crippen molar-refractivity contribution < 1.29 is 0 Å². The summed E-state index contributed by atoms with van der Waals surface area (Å²) in [5.41, 5.74) is 10.9. The number of nitrogens with two attached hydrogens (primary N) is 1. The molecule has 0 amide bonds. The van der Waals surface area contributed by atoms with Gasteiger partial charge in [0.25, 0.3) is 0 Å². The highest BCUT2D eigenvalue weighted by molar-refractivity contribution is 5.95. The third-order valence-electron chi connectivity index (χ3n) is 4.73.